The molecule has 0 spiro atoms. The molecule has 20 heavy (non-hydrogen) atoms. The van der Waals surface area contributed by atoms with Gasteiger partial charge in [0.05, 0.1) is 20.8 Å². The Hall–Kier alpha value is -2.28. The Morgan fingerprint density at radius 1 is 1.20 bits per heavy atom. The second kappa shape index (κ2) is 7.34. The van der Waals surface area contributed by atoms with Crippen molar-refractivity contribution in [3.8, 4) is 11.5 Å². The van der Waals surface area contributed by atoms with E-state index in [0.717, 1.165) is 0 Å². The van der Waals surface area contributed by atoms with Crippen LogP contribution in [0.4, 0.5) is 0 Å². The molecule has 1 aromatic rings. The molecule has 0 aromatic heterocycles. The van der Waals surface area contributed by atoms with E-state index in [1.54, 1.807) is 6.07 Å². The Balaban J connectivity index is 2.93. The number of carbonyl (C=O) groups is 2. The summed E-state index contributed by atoms with van der Waals surface area (Å²) in [7, 11) is 4.36. The summed E-state index contributed by atoms with van der Waals surface area (Å²) in [6, 6.07) is 3.63. The summed E-state index contributed by atoms with van der Waals surface area (Å²) >= 11 is 0. The molecule has 1 aromatic carbocycles. The minimum Gasteiger partial charge on any atom is -0.497 e. The lowest BCUT2D eigenvalue weighted by Gasteiger charge is -2.15. The van der Waals surface area contributed by atoms with E-state index in [9.17, 15) is 9.59 Å². The maximum Gasteiger partial charge on any atom is 0.252 e. The van der Waals surface area contributed by atoms with Gasteiger partial charge in [0.2, 0.25) is 5.91 Å². The van der Waals surface area contributed by atoms with Crippen molar-refractivity contribution < 1.29 is 24.2 Å². The summed E-state index contributed by atoms with van der Waals surface area (Å²) in [5.41, 5.74) is 0.267. The number of ether oxygens (including phenoxy) is 2. The molecule has 0 aliphatic heterocycles. The summed E-state index contributed by atoms with van der Waals surface area (Å²) in [6.07, 6.45) is 0. The van der Waals surface area contributed by atoms with Gasteiger partial charge in [-0.2, -0.15) is 0 Å². The number of methoxy groups -OCH3 is 2. The molecule has 1 unspecified atom stereocenters. The third-order valence-corrected chi connectivity index (χ3v) is 2.66. The summed E-state index contributed by atoms with van der Waals surface area (Å²) in [6.45, 7) is -0.494. The topological polar surface area (TPSA) is 96.9 Å². The van der Waals surface area contributed by atoms with Crippen molar-refractivity contribution in [3.05, 3.63) is 23.8 Å². The fourth-order valence-electron chi connectivity index (χ4n) is 1.55. The SMILES string of the molecule is CNC(=O)C(CO)NC(=O)c1cc(OC)cc(OC)c1. The molecule has 1 rings (SSSR count). The predicted molar refractivity (Wildman–Crippen MR) is 72.0 cm³/mol. The average Bonchev–Trinajstić information content (AvgIpc) is 2.50. The van der Waals surface area contributed by atoms with Gasteiger partial charge in [0, 0.05) is 18.7 Å². The minimum absolute atomic E-state index is 0.267. The molecule has 0 radical (unpaired) electrons. The van der Waals surface area contributed by atoms with Crippen molar-refractivity contribution in [2.75, 3.05) is 27.9 Å². The zero-order valence-corrected chi connectivity index (χ0v) is 11.6. The van der Waals surface area contributed by atoms with Gasteiger partial charge in [-0.3, -0.25) is 9.59 Å². The standard InChI is InChI=1S/C13H18N2O5/c1-14-13(18)11(7-16)15-12(17)8-4-9(19-2)6-10(5-8)20-3/h4-6,11,16H,7H2,1-3H3,(H,14,18)(H,15,17). The number of likely N-dealkylation sites (N-methyl/N-ethyl adjacent to an activating group) is 1. The molecular weight excluding hydrogens is 264 g/mol. The highest BCUT2D eigenvalue weighted by atomic mass is 16.5. The van der Waals surface area contributed by atoms with E-state index in [1.807, 2.05) is 0 Å². The summed E-state index contributed by atoms with van der Waals surface area (Å²) in [5.74, 6) is -0.0782. The molecule has 0 fully saturated rings. The molecule has 7 heteroatoms. The van der Waals surface area contributed by atoms with Crippen molar-refractivity contribution >= 4 is 11.8 Å². The molecule has 0 bridgehead atoms. The highest BCUT2D eigenvalue weighted by molar-refractivity contribution is 5.98. The second-order valence-electron chi connectivity index (χ2n) is 3.92. The van der Waals surface area contributed by atoms with Crippen molar-refractivity contribution in [1.82, 2.24) is 10.6 Å². The smallest absolute Gasteiger partial charge is 0.252 e. The van der Waals surface area contributed by atoms with Gasteiger partial charge in [-0.25, -0.2) is 0 Å². The minimum atomic E-state index is -1.01. The van der Waals surface area contributed by atoms with Gasteiger partial charge < -0.3 is 25.2 Å². The number of amides is 2. The lowest BCUT2D eigenvalue weighted by atomic mass is 10.1. The molecule has 0 saturated heterocycles. The van der Waals surface area contributed by atoms with Crippen LogP contribution < -0.4 is 20.1 Å². The van der Waals surface area contributed by atoms with E-state index in [0.29, 0.717) is 11.5 Å². The van der Waals surface area contributed by atoms with Gasteiger partial charge in [0.25, 0.3) is 5.91 Å². The number of aliphatic hydroxyl groups is 1. The second-order valence-corrected chi connectivity index (χ2v) is 3.92. The molecule has 7 nitrogen and oxygen atoms in total. The zero-order valence-electron chi connectivity index (χ0n) is 11.6. The molecule has 1 atom stereocenters. The van der Waals surface area contributed by atoms with E-state index >= 15 is 0 Å². The first-order valence-corrected chi connectivity index (χ1v) is 5.92. The highest BCUT2D eigenvalue weighted by Gasteiger charge is 2.20. The number of hydrogen-bond acceptors (Lipinski definition) is 5. The van der Waals surface area contributed by atoms with E-state index < -0.39 is 24.5 Å². The molecule has 0 heterocycles. The number of rotatable bonds is 6. The van der Waals surface area contributed by atoms with Crippen molar-refractivity contribution in [2.45, 2.75) is 6.04 Å². The number of carbonyl (C=O) groups excluding carboxylic acids is 2. The van der Waals surface area contributed by atoms with Crippen LogP contribution >= 0.6 is 0 Å². The van der Waals surface area contributed by atoms with Gasteiger partial charge >= 0.3 is 0 Å². The summed E-state index contributed by atoms with van der Waals surface area (Å²) in [4.78, 5) is 23.5. The van der Waals surface area contributed by atoms with E-state index in [2.05, 4.69) is 10.6 Å². The number of nitrogens with one attached hydrogen (secondary N) is 2. The van der Waals surface area contributed by atoms with Crippen molar-refractivity contribution in [2.24, 2.45) is 0 Å². The number of aliphatic hydroxyl groups excluding tert-OH is 1. The van der Waals surface area contributed by atoms with Gasteiger partial charge in [0.15, 0.2) is 0 Å². The molecule has 0 aliphatic carbocycles. The molecule has 2 amide bonds. The number of benzene rings is 1. The van der Waals surface area contributed by atoms with Crippen LogP contribution in [0.3, 0.4) is 0 Å². The Bertz CT molecular complexity index is 467. The fraction of sp³-hybridized carbons (Fsp3) is 0.385. The Morgan fingerprint density at radius 3 is 2.15 bits per heavy atom. The fourth-order valence-corrected chi connectivity index (χ4v) is 1.55. The quantitative estimate of drug-likeness (QED) is 0.656. The van der Waals surface area contributed by atoms with Gasteiger partial charge in [0.1, 0.15) is 17.5 Å². The van der Waals surface area contributed by atoms with Crippen LogP contribution in [-0.2, 0) is 4.79 Å². The third-order valence-electron chi connectivity index (χ3n) is 2.66. The lowest BCUT2D eigenvalue weighted by molar-refractivity contribution is -0.123. The van der Waals surface area contributed by atoms with Crippen LogP contribution in [0.15, 0.2) is 18.2 Å². The van der Waals surface area contributed by atoms with Crippen LogP contribution in [0, 0.1) is 0 Å². The van der Waals surface area contributed by atoms with Crippen LogP contribution in [0.1, 0.15) is 10.4 Å². The van der Waals surface area contributed by atoms with Crippen LogP contribution in [0.5, 0.6) is 11.5 Å². The van der Waals surface area contributed by atoms with E-state index in [4.69, 9.17) is 14.6 Å². The van der Waals surface area contributed by atoms with E-state index in [-0.39, 0.29) is 5.56 Å². The van der Waals surface area contributed by atoms with Gasteiger partial charge in [-0.05, 0) is 12.1 Å². The molecular formula is C13H18N2O5. The lowest BCUT2D eigenvalue weighted by Crippen LogP contribution is -2.47. The van der Waals surface area contributed by atoms with Gasteiger partial charge in [-0.1, -0.05) is 0 Å². The Labute approximate surface area is 116 Å². The number of hydrogen-bond donors (Lipinski definition) is 3. The maximum absolute atomic E-state index is 12.1. The first-order chi connectivity index (χ1) is 9.55. The van der Waals surface area contributed by atoms with E-state index in [1.165, 1.54) is 33.4 Å². The monoisotopic (exact) mass is 282 g/mol. The van der Waals surface area contributed by atoms with Crippen molar-refractivity contribution in [1.29, 1.82) is 0 Å². The van der Waals surface area contributed by atoms with Crippen LogP contribution in [-0.4, -0.2) is 50.8 Å². The van der Waals surface area contributed by atoms with Gasteiger partial charge in [-0.15, -0.1) is 0 Å². The Kier molecular flexibility index (Phi) is 5.79. The summed E-state index contributed by atoms with van der Waals surface area (Å²) < 4.78 is 10.1. The average molecular weight is 282 g/mol. The third kappa shape index (κ3) is 3.86. The van der Waals surface area contributed by atoms with Crippen molar-refractivity contribution in [3.63, 3.8) is 0 Å². The highest BCUT2D eigenvalue weighted by Crippen LogP contribution is 2.22. The first kappa shape index (κ1) is 15.8. The predicted octanol–water partition coefficient (Wildman–Crippen LogP) is -0.459. The largest absolute Gasteiger partial charge is 0.497 e. The maximum atomic E-state index is 12.1. The van der Waals surface area contributed by atoms with Crippen LogP contribution in [0.2, 0.25) is 0 Å². The summed E-state index contributed by atoms with van der Waals surface area (Å²) in [5, 5.41) is 13.9. The Morgan fingerprint density at radius 2 is 1.75 bits per heavy atom. The normalized spacial score (nSPS) is 11.4. The molecule has 0 aliphatic rings. The first-order valence-electron chi connectivity index (χ1n) is 5.92. The zero-order chi connectivity index (χ0) is 15.1. The molecule has 3 N–H and O–H groups in total. The molecule has 110 valence electrons. The molecule has 0 saturated carbocycles. The van der Waals surface area contributed by atoms with Crippen LogP contribution in [0.25, 0.3) is 0 Å².